The van der Waals surface area contributed by atoms with Crippen molar-refractivity contribution in [3.8, 4) is 0 Å². The summed E-state index contributed by atoms with van der Waals surface area (Å²) in [5.74, 6) is 0.295. The molecule has 4 N–H and O–H groups in total. The minimum Gasteiger partial charge on any atom is -0.371 e. The van der Waals surface area contributed by atoms with Crippen LogP contribution in [0.1, 0.15) is 44.1 Å². The van der Waals surface area contributed by atoms with E-state index in [-0.39, 0.29) is 11.6 Å². The Balaban J connectivity index is 1.73. The van der Waals surface area contributed by atoms with Crippen LogP contribution < -0.4 is 16.4 Å². The van der Waals surface area contributed by atoms with Gasteiger partial charge in [0.15, 0.2) is 0 Å². The van der Waals surface area contributed by atoms with Gasteiger partial charge in [0.05, 0.1) is 5.56 Å². The molecule has 0 radical (unpaired) electrons. The fraction of sp³-hybridized carbons (Fsp3) is 0.667. The molecule has 1 aromatic rings. The molecule has 2 fully saturated rings. The van der Waals surface area contributed by atoms with Gasteiger partial charge in [0.2, 0.25) is 0 Å². The van der Waals surface area contributed by atoms with Crippen molar-refractivity contribution in [2.24, 2.45) is 17.4 Å². The SMILES string of the molecule is N[C@@H]1CCCC[C@@]1(N)[C@H]1CCCN(c2ccc(C(F)(F)F)cc2)C1. The van der Waals surface area contributed by atoms with E-state index < -0.39 is 11.7 Å². The van der Waals surface area contributed by atoms with E-state index >= 15 is 0 Å². The van der Waals surface area contributed by atoms with E-state index in [0.29, 0.717) is 5.92 Å². The maximum atomic E-state index is 12.7. The van der Waals surface area contributed by atoms with Gasteiger partial charge < -0.3 is 16.4 Å². The summed E-state index contributed by atoms with van der Waals surface area (Å²) in [7, 11) is 0. The van der Waals surface area contributed by atoms with E-state index in [9.17, 15) is 13.2 Å². The van der Waals surface area contributed by atoms with Gasteiger partial charge in [-0.15, -0.1) is 0 Å². The van der Waals surface area contributed by atoms with Crippen molar-refractivity contribution in [2.75, 3.05) is 18.0 Å². The van der Waals surface area contributed by atoms with E-state index in [4.69, 9.17) is 11.5 Å². The highest BCUT2D eigenvalue weighted by Crippen LogP contribution is 2.38. The lowest BCUT2D eigenvalue weighted by atomic mass is 9.68. The standard InChI is InChI=1S/C18H26F3N3/c19-18(20,21)13-6-8-15(9-7-13)24-11-3-4-14(12-24)17(23)10-2-1-5-16(17)22/h6-9,14,16H,1-5,10-12,22-23H2/t14-,16+,17+/m0/s1. The first kappa shape index (κ1) is 17.5. The summed E-state index contributed by atoms with van der Waals surface area (Å²) in [6, 6.07) is 5.46. The highest BCUT2D eigenvalue weighted by molar-refractivity contribution is 5.48. The Labute approximate surface area is 141 Å². The van der Waals surface area contributed by atoms with Crippen molar-refractivity contribution < 1.29 is 13.2 Å². The second-order valence-electron chi connectivity index (χ2n) is 7.29. The van der Waals surface area contributed by atoms with E-state index in [0.717, 1.165) is 69.4 Å². The van der Waals surface area contributed by atoms with Crippen molar-refractivity contribution in [3.05, 3.63) is 29.8 Å². The molecule has 1 aliphatic carbocycles. The molecule has 3 rings (SSSR count). The Kier molecular flexibility index (Phi) is 4.80. The lowest BCUT2D eigenvalue weighted by Gasteiger charge is -2.49. The van der Waals surface area contributed by atoms with Crippen molar-refractivity contribution in [3.63, 3.8) is 0 Å². The Morgan fingerprint density at radius 2 is 1.75 bits per heavy atom. The minimum absolute atomic E-state index is 0.0174. The number of alkyl halides is 3. The lowest BCUT2D eigenvalue weighted by Crippen LogP contribution is -2.64. The molecule has 0 amide bonds. The van der Waals surface area contributed by atoms with Gasteiger partial charge in [0, 0.05) is 30.4 Å². The number of nitrogens with zero attached hydrogens (tertiary/aromatic N) is 1. The maximum Gasteiger partial charge on any atom is 0.416 e. The summed E-state index contributed by atoms with van der Waals surface area (Å²) < 4.78 is 38.1. The van der Waals surface area contributed by atoms with Crippen molar-refractivity contribution >= 4 is 5.69 Å². The number of hydrogen-bond acceptors (Lipinski definition) is 3. The molecule has 1 aliphatic heterocycles. The molecule has 134 valence electrons. The summed E-state index contributed by atoms with van der Waals surface area (Å²) >= 11 is 0. The predicted octanol–water partition coefficient (Wildman–Crippen LogP) is 3.52. The Morgan fingerprint density at radius 3 is 2.38 bits per heavy atom. The zero-order valence-electron chi connectivity index (χ0n) is 13.9. The molecule has 0 spiro atoms. The van der Waals surface area contributed by atoms with Crippen LogP contribution in [0.2, 0.25) is 0 Å². The first-order valence-electron chi connectivity index (χ1n) is 8.77. The van der Waals surface area contributed by atoms with Crippen LogP contribution in [-0.2, 0) is 6.18 Å². The molecular formula is C18H26F3N3. The van der Waals surface area contributed by atoms with Crippen molar-refractivity contribution in [1.82, 2.24) is 0 Å². The first-order valence-corrected chi connectivity index (χ1v) is 8.77. The number of hydrogen-bond donors (Lipinski definition) is 2. The zero-order valence-corrected chi connectivity index (χ0v) is 13.9. The van der Waals surface area contributed by atoms with Gasteiger partial charge in [-0.05, 0) is 55.9 Å². The molecule has 0 bridgehead atoms. The number of benzene rings is 1. The van der Waals surface area contributed by atoms with Crippen LogP contribution >= 0.6 is 0 Å². The maximum absolute atomic E-state index is 12.7. The normalized spacial score (nSPS) is 32.0. The zero-order chi connectivity index (χ0) is 17.4. The van der Waals surface area contributed by atoms with Crippen LogP contribution in [0.5, 0.6) is 0 Å². The van der Waals surface area contributed by atoms with Gasteiger partial charge in [-0.25, -0.2) is 0 Å². The molecule has 3 nitrogen and oxygen atoms in total. The molecule has 6 heteroatoms. The summed E-state index contributed by atoms with van der Waals surface area (Å²) in [5, 5.41) is 0. The van der Waals surface area contributed by atoms with E-state index in [1.165, 1.54) is 0 Å². The molecule has 1 saturated heterocycles. The third-order valence-electron chi connectivity index (χ3n) is 5.81. The third kappa shape index (κ3) is 3.40. The number of anilines is 1. The molecule has 3 atom stereocenters. The Bertz CT molecular complexity index is 558. The number of halogens is 3. The van der Waals surface area contributed by atoms with Crippen molar-refractivity contribution in [1.29, 1.82) is 0 Å². The van der Waals surface area contributed by atoms with E-state index in [2.05, 4.69) is 4.90 Å². The molecule has 1 saturated carbocycles. The van der Waals surface area contributed by atoms with Gasteiger partial charge in [0.1, 0.15) is 0 Å². The molecule has 24 heavy (non-hydrogen) atoms. The van der Waals surface area contributed by atoms with Gasteiger partial charge in [-0.2, -0.15) is 13.2 Å². The number of rotatable bonds is 2. The monoisotopic (exact) mass is 341 g/mol. The van der Waals surface area contributed by atoms with Crippen LogP contribution in [0.15, 0.2) is 24.3 Å². The molecule has 0 unspecified atom stereocenters. The number of piperidine rings is 1. The average molecular weight is 341 g/mol. The van der Waals surface area contributed by atoms with E-state index in [1.54, 1.807) is 12.1 Å². The predicted molar refractivity (Wildman–Crippen MR) is 89.7 cm³/mol. The summed E-state index contributed by atoms with van der Waals surface area (Å²) in [5.41, 5.74) is 12.9. The van der Waals surface area contributed by atoms with Gasteiger partial charge in [-0.1, -0.05) is 12.8 Å². The van der Waals surface area contributed by atoms with Crippen LogP contribution in [0.25, 0.3) is 0 Å². The largest absolute Gasteiger partial charge is 0.416 e. The van der Waals surface area contributed by atoms with Crippen LogP contribution in [-0.4, -0.2) is 24.7 Å². The highest BCUT2D eigenvalue weighted by Gasteiger charge is 2.43. The molecule has 1 aromatic carbocycles. The van der Waals surface area contributed by atoms with Crippen LogP contribution in [0.4, 0.5) is 18.9 Å². The second-order valence-corrected chi connectivity index (χ2v) is 7.29. The summed E-state index contributed by atoms with van der Waals surface area (Å²) in [6.07, 6.45) is 1.90. The minimum atomic E-state index is -4.29. The third-order valence-corrected chi connectivity index (χ3v) is 5.81. The molecule has 1 heterocycles. The van der Waals surface area contributed by atoms with E-state index in [1.807, 2.05) is 0 Å². The summed E-state index contributed by atoms with van der Waals surface area (Å²) in [4.78, 5) is 2.16. The van der Waals surface area contributed by atoms with Crippen LogP contribution in [0.3, 0.4) is 0 Å². The second kappa shape index (κ2) is 6.56. The summed E-state index contributed by atoms with van der Waals surface area (Å²) in [6.45, 7) is 1.63. The lowest BCUT2D eigenvalue weighted by molar-refractivity contribution is -0.137. The first-order chi connectivity index (χ1) is 11.3. The molecule has 2 aliphatic rings. The quantitative estimate of drug-likeness (QED) is 0.865. The topological polar surface area (TPSA) is 55.3 Å². The van der Waals surface area contributed by atoms with Gasteiger partial charge in [-0.3, -0.25) is 0 Å². The molecular weight excluding hydrogens is 315 g/mol. The van der Waals surface area contributed by atoms with Crippen molar-refractivity contribution in [2.45, 2.75) is 56.3 Å². The fourth-order valence-corrected chi connectivity index (χ4v) is 4.27. The smallest absolute Gasteiger partial charge is 0.371 e. The Hall–Kier alpha value is -1.27. The average Bonchev–Trinajstić information content (AvgIpc) is 2.57. The fourth-order valence-electron chi connectivity index (χ4n) is 4.27. The number of nitrogens with two attached hydrogens (primary N) is 2. The van der Waals surface area contributed by atoms with Crippen LogP contribution in [0, 0.1) is 5.92 Å². The van der Waals surface area contributed by atoms with Gasteiger partial charge in [0.25, 0.3) is 0 Å². The van der Waals surface area contributed by atoms with Gasteiger partial charge >= 0.3 is 6.18 Å². The highest BCUT2D eigenvalue weighted by atomic mass is 19.4. The molecule has 0 aromatic heterocycles. The Morgan fingerprint density at radius 1 is 1.04 bits per heavy atom.